The molecule has 2 fully saturated rings. The van der Waals surface area contributed by atoms with Gasteiger partial charge in [0.2, 0.25) is 5.75 Å². The summed E-state index contributed by atoms with van der Waals surface area (Å²) >= 11 is 1.96. The molecule has 2 heterocycles. The predicted octanol–water partition coefficient (Wildman–Crippen LogP) is 1.36. The second kappa shape index (κ2) is 10.2. The highest BCUT2D eigenvalue weighted by molar-refractivity contribution is 7.99. The van der Waals surface area contributed by atoms with Crippen LogP contribution in [0.1, 0.15) is 0 Å². The number of hydrogen-bond acceptors (Lipinski definition) is 8. The third-order valence-electron chi connectivity index (χ3n) is 4.88. The monoisotopic (exact) mass is 396 g/mol. The normalized spacial score (nSPS) is 20.1. The summed E-state index contributed by atoms with van der Waals surface area (Å²) in [6.07, 6.45) is 0. The van der Waals surface area contributed by atoms with Crippen LogP contribution >= 0.6 is 11.8 Å². The summed E-state index contributed by atoms with van der Waals surface area (Å²) in [4.78, 5) is 17.7. The van der Waals surface area contributed by atoms with Gasteiger partial charge < -0.3 is 18.9 Å². The Morgan fingerprint density at radius 3 is 2.33 bits per heavy atom. The van der Waals surface area contributed by atoms with E-state index >= 15 is 0 Å². The van der Waals surface area contributed by atoms with Gasteiger partial charge in [-0.05, 0) is 12.1 Å². The first kappa shape index (κ1) is 20.3. The molecular formula is C19H28N2O5S. The summed E-state index contributed by atoms with van der Waals surface area (Å²) in [6.45, 7) is 5.39. The predicted molar refractivity (Wildman–Crippen MR) is 105 cm³/mol. The van der Waals surface area contributed by atoms with Gasteiger partial charge >= 0.3 is 5.97 Å². The van der Waals surface area contributed by atoms with Crippen LogP contribution in [0.5, 0.6) is 17.2 Å². The van der Waals surface area contributed by atoms with E-state index in [2.05, 4.69) is 9.80 Å². The lowest BCUT2D eigenvalue weighted by atomic mass is 10.2. The van der Waals surface area contributed by atoms with Crippen molar-refractivity contribution in [3.05, 3.63) is 18.2 Å². The highest BCUT2D eigenvalue weighted by Gasteiger charge is 2.32. The van der Waals surface area contributed by atoms with Gasteiger partial charge in [-0.3, -0.25) is 9.80 Å². The van der Waals surface area contributed by atoms with Crippen LogP contribution in [-0.4, -0.2) is 93.5 Å². The number of nitrogens with zero attached hydrogens (tertiary/aromatic N) is 2. The third-order valence-corrected chi connectivity index (χ3v) is 5.82. The first-order chi connectivity index (χ1) is 13.2. The molecule has 0 saturated carbocycles. The molecule has 0 N–H and O–H groups in total. The average Bonchev–Trinajstić information content (AvgIpc) is 2.73. The van der Waals surface area contributed by atoms with Gasteiger partial charge in [-0.25, -0.2) is 4.79 Å². The van der Waals surface area contributed by atoms with Crippen LogP contribution in [0.15, 0.2) is 18.2 Å². The van der Waals surface area contributed by atoms with Crippen molar-refractivity contribution in [1.82, 2.24) is 9.80 Å². The SMILES string of the molecule is COc1cccc(OC)c1OC(=O)C(CN1CCSCC1)N1CCOCC1. The first-order valence-electron chi connectivity index (χ1n) is 9.27. The fourth-order valence-corrected chi connectivity index (χ4v) is 4.32. The minimum absolute atomic E-state index is 0.280. The Morgan fingerprint density at radius 2 is 1.74 bits per heavy atom. The minimum Gasteiger partial charge on any atom is -0.493 e. The summed E-state index contributed by atoms with van der Waals surface area (Å²) in [5.41, 5.74) is 0. The molecule has 0 aliphatic carbocycles. The number of hydrogen-bond donors (Lipinski definition) is 0. The Balaban J connectivity index is 1.77. The lowest BCUT2D eigenvalue weighted by molar-refractivity contribution is -0.143. The number of thioether (sulfide) groups is 1. The van der Waals surface area contributed by atoms with Gasteiger partial charge in [0, 0.05) is 44.2 Å². The zero-order valence-electron chi connectivity index (χ0n) is 16.0. The Morgan fingerprint density at radius 1 is 1.11 bits per heavy atom. The molecule has 7 nitrogen and oxygen atoms in total. The smallest absolute Gasteiger partial charge is 0.330 e. The summed E-state index contributed by atoms with van der Waals surface area (Å²) in [6, 6.07) is 4.99. The van der Waals surface area contributed by atoms with Gasteiger partial charge in [0.15, 0.2) is 11.5 Å². The second-order valence-corrected chi connectivity index (χ2v) is 7.71. The molecule has 1 unspecified atom stereocenters. The number of esters is 1. The molecule has 0 amide bonds. The van der Waals surface area contributed by atoms with Crippen molar-refractivity contribution in [1.29, 1.82) is 0 Å². The maximum atomic E-state index is 13.2. The summed E-state index contributed by atoms with van der Waals surface area (Å²) in [7, 11) is 3.11. The Kier molecular flexibility index (Phi) is 7.63. The van der Waals surface area contributed by atoms with Crippen LogP contribution in [0, 0.1) is 0 Å². The van der Waals surface area contributed by atoms with Gasteiger partial charge in [-0.15, -0.1) is 0 Å². The quantitative estimate of drug-likeness (QED) is 0.506. The van der Waals surface area contributed by atoms with Crippen molar-refractivity contribution in [2.45, 2.75) is 6.04 Å². The van der Waals surface area contributed by atoms with E-state index < -0.39 is 0 Å². The van der Waals surface area contributed by atoms with E-state index in [0.717, 1.165) is 37.7 Å². The van der Waals surface area contributed by atoms with E-state index in [1.807, 2.05) is 11.8 Å². The highest BCUT2D eigenvalue weighted by Crippen LogP contribution is 2.37. The number of benzene rings is 1. The maximum Gasteiger partial charge on any atom is 0.330 e. The van der Waals surface area contributed by atoms with E-state index in [9.17, 15) is 4.79 Å². The number of rotatable bonds is 7. The average molecular weight is 397 g/mol. The zero-order chi connectivity index (χ0) is 19.1. The maximum absolute atomic E-state index is 13.2. The number of carbonyl (C=O) groups excluding carboxylic acids is 1. The van der Waals surface area contributed by atoms with Gasteiger partial charge in [0.05, 0.1) is 27.4 Å². The van der Waals surface area contributed by atoms with Crippen molar-refractivity contribution < 1.29 is 23.7 Å². The molecule has 2 saturated heterocycles. The standard InChI is InChI=1S/C19H28N2O5S/c1-23-16-4-3-5-17(24-2)18(16)26-19(22)15(21-6-10-25-11-7-21)14-20-8-12-27-13-9-20/h3-5,15H,6-14H2,1-2H3. The third kappa shape index (κ3) is 5.28. The largest absolute Gasteiger partial charge is 0.493 e. The van der Waals surface area contributed by atoms with Crippen LogP contribution in [0.25, 0.3) is 0 Å². The van der Waals surface area contributed by atoms with Crippen molar-refractivity contribution in [3.63, 3.8) is 0 Å². The Labute approximate surface area is 164 Å². The number of ether oxygens (including phenoxy) is 4. The summed E-state index contributed by atoms with van der Waals surface area (Å²) < 4.78 is 22.0. The van der Waals surface area contributed by atoms with Crippen molar-refractivity contribution in [2.24, 2.45) is 0 Å². The van der Waals surface area contributed by atoms with Crippen LogP contribution in [0.3, 0.4) is 0 Å². The minimum atomic E-state index is -0.341. The molecule has 0 radical (unpaired) electrons. The van der Waals surface area contributed by atoms with Crippen molar-refractivity contribution in [2.75, 3.05) is 71.7 Å². The molecule has 1 atom stereocenters. The number of morpholine rings is 1. The van der Waals surface area contributed by atoms with E-state index in [0.29, 0.717) is 37.0 Å². The van der Waals surface area contributed by atoms with Gasteiger partial charge in [0.25, 0.3) is 0 Å². The van der Waals surface area contributed by atoms with Crippen LogP contribution in [0.4, 0.5) is 0 Å². The molecule has 27 heavy (non-hydrogen) atoms. The van der Waals surface area contributed by atoms with E-state index in [1.165, 1.54) is 0 Å². The highest BCUT2D eigenvalue weighted by atomic mass is 32.2. The van der Waals surface area contributed by atoms with Crippen molar-refractivity contribution >= 4 is 17.7 Å². The summed E-state index contributed by atoms with van der Waals surface area (Å²) in [5, 5.41) is 0. The number of methoxy groups -OCH3 is 2. The molecule has 8 heteroatoms. The lowest BCUT2D eigenvalue weighted by Crippen LogP contribution is -2.54. The molecule has 2 aliphatic heterocycles. The van der Waals surface area contributed by atoms with Gasteiger partial charge in [-0.2, -0.15) is 11.8 Å². The van der Waals surface area contributed by atoms with Gasteiger partial charge in [0.1, 0.15) is 6.04 Å². The second-order valence-electron chi connectivity index (χ2n) is 6.49. The molecule has 1 aromatic carbocycles. The first-order valence-corrected chi connectivity index (χ1v) is 10.4. The Hall–Kier alpha value is -1.48. The molecule has 0 spiro atoms. The van der Waals surface area contributed by atoms with E-state index in [4.69, 9.17) is 18.9 Å². The molecule has 150 valence electrons. The molecule has 2 aliphatic rings. The fraction of sp³-hybridized carbons (Fsp3) is 0.632. The molecule has 3 rings (SSSR count). The van der Waals surface area contributed by atoms with Crippen LogP contribution < -0.4 is 14.2 Å². The number of para-hydroxylation sites is 1. The van der Waals surface area contributed by atoms with Crippen LogP contribution in [-0.2, 0) is 9.53 Å². The summed E-state index contributed by atoms with van der Waals surface area (Å²) in [5.74, 6) is 3.23. The Bertz CT molecular complexity index is 596. The van der Waals surface area contributed by atoms with Crippen LogP contribution in [0.2, 0.25) is 0 Å². The van der Waals surface area contributed by atoms with Gasteiger partial charge in [-0.1, -0.05) is 6.07 Å². The topological polar surface area (TPSA) is 60.5 Å². The molecular weight excluding hydrogens is 368 g/mol. The lowest BCUT2D eigenvalue weighted by Gasteiger charge is -2.37. The van der Waals surface area contributed by atoms with E-state index in [1.54, 1.807) is 32.4 Å². The molecule has 0 aromatic heterocycles. The van der Waals surface area contributed by atoms with Crippen molar-refractivity contribution in [3.8, 4) is 17.2 Å². The van der Waals surface area contributed by atoms with E-state index in [-0.39, 0.29) is 12.0 Å². The fourth-order valence-electron chi connectivity index (χ4n) is 3.34. The number of carbonyl (C=O) groups is 1. The molecule has 1 aromatic rings. The molecule has 0 bridgehead atoms. The zero-order valence-corrected chi connectivity index (χ0v) is 16.8.